The number of aryl methyl sites for hydroxylation is 1. The van der Waals surface area contributed by atoms with Gasteiger partial charge < -0.3 is 5.11 Å². The molecule has 0 fully saturated rings. The molecule has 0 bridgehead atoms. The average molecular weight is 511 g/mol. The van der Waals surface area contributed by atoms with E-state index in [2.05, 4.69) is 10.2 Å². The Morgan fingerprint density at radius 3 is 2.50 bits per heavy atom. The number of sulfonamides is 1. The minimum atomic E-state index is -4.07. The second-order valence-electron chi connectivity index (χ2n) is 7.75. The maximum atomic E-state index is 13.4. The molecule has 0 amide bonds. The maximum absolute atomic E-state index is 13.4. The Kier molecular flexibility index (Phi) is 7.80. The number of pyridine rings is 1. The van der Waals surface area contributed by atoms with Crippen LogP contribution in [0.2, 0.25) is 0 Å². The third kappa shape index (κ3) is 5.56. The van der Waals surface area contributed by atoms with E-state index in [9.17, 15) is 33.7 Å². The Morgan fingerprint density at radius 2 is 1.89 bits per heavy atom. The van der Waals surface area contributed by atoms with Crippen LogP contribution in [0.4, 0.5) is 17.1 Å². The van der Waals surface area contributed by atoms with Crippen LogP contribution in [0.5, 0.6) is 5.88 Å². The zero-order valence-electron chi connectivity index (χ0n) is 19.4. The fourth-order valence-corrected chi connectivity index (χ4v) is 4.52. The van der Waals surface area contributed by atoms with Gasteiger partial charge in [0, 0.05) is 11.6 Å². The molecule has 0 spiro atoms. The molecule has 0 unspecified atom stereocenters. The van der Waals surface area contributed by atoms with Crippen molar-refractivity contribution < 1.29 is 18.4 Å². The lowest BCUT2D eigenvalue weighted by molar-refractivity contribution is -0.384. The van der Waals surface area contributed by atoms with Crippen molar-refractivity contribution in [3.8, 4) is 23.1 Å². The summed E-state index contributed by atoms with van der Waals surface area (Å²) in [7, 11) is -4.07. The van der Waals surface area contributed by atoms with Gasteiger partial charge in [0.15, 0.2) is 11.4 Å². The largest absolute Gasteiger partial charge is 0.492 e. The molecule has 2 N–H and O–H groups in total. The van der Waals surface area contributed by atoms with Crippen LogP contribution < -0.4 is 10.4 Å². The van der Waals surface area contributed by atoms with Gasteiger partial charge in [0.25, 0.3) is 5.69 Å². The van der Waals surface area contributed by atoms with Gasteiger partial charge >= 0.3 is 5.56 Å². The number of hydrogen-bond donors (Lipinski definition) is 2. The number of aromatic hydroxyl groups is 1. The Balaban J connectivity index is 2.32. The molecular weight excluding hydrogens is 488 g/mol. The minimum absolute atomic E-state index is 0.108. The van der Waals surface area contributed by atoms with Gasteiger partial charge in [-0.2, -0.15) is 9.94 Å². The molecule has 0 aliphatic heterocycles. The zero-order chi connectivity index (χ0) is 26.5. The summed E-state index contributed by atoms with van der Waals surface area (Å²) < 4.78 is 25.2. The minimum Gasteiger partial charge on any atom is -0.492 e. The van der Waals surface area contributed by atoms with Crippen molar-refractivity contribution in [2.45, 2.75) is 26.7 Å². The Bertz CT molecular complexity index is 1540. The molecule has 3 aromatic rings. The second-order valence-corrected chi connectivity index (χ2v) is 9.57. The molecule has 0 saturated carbocycles. The van der Waals surface area contributed by atoms with E-state index < -0.39 is 37.6 Å². The molecule has 12 nitrogen and oxygen atoms in total. The molecule has 0 atom stereocenters. The summed E-state index contributed by atoms with van der Waals surface area (Å²) >= 11 is 0. The van der Waals surface area contributed by atoms with Crippen molar-refractivity contribution in [2.75, 3.05) is 10.6 Å². The summed E-state index contributed by atoms with van der Waals surface area (Å²) in [4.78, 5) is 26.2. The van der Waals surface area contributed by atoms with Crippen molar-refractivity contribution >= 4 is 27.1 Å². The number of nitrogens with zero attached hydrogens (tertiary/aromatic N) is 5. The van der Waals surface area contributed by atoms with E-state index in [0.717, 1.165) is 0 Å². The highest BCUT2D eigenvalue weighted by molar-refractivity contribution is 7.92. The first-order valence-corrected chi connectivity index (χ1v) is 12.4. The van der Waals surface area contributed by atoms with Crippen LogP contribution in [0.15, 0.2) is 63.6 Å². The SMILES string of the molecule is CCCCS(=O)(=O)Nn1c(O)c(C#N)c(-c2ccccc2)c(N=Nc2ccc(C)cc2[N+](=O)[O-])c1=O. The van der Waals surface area contributed by atoms with Gasteiger partial charge in [-0.05, 0) is 30.5 Å². The number of nitrogens with one attached hydrogen (secondary N) is 1. The van der Waals surface area contributed by atoms with Gasteiger partial charge in [0.05, 0.1) is 10.7 Å². The summed E-state index contributed by atoms with van der Waals surface area (Å²) in [6.45, 7) is 3.44. The van der Waals surface area contributed by atoms with Crippen molar-refractivity contribution in [2.24, 2.45) is 10.2 Å². The lowest BCUT2D eigenvalue weighted by Crippen LogP contribution is -2.35. The number of unbranched alkanes of at least 4 members (excludes halogenated alkanes) is 1. The number of rotatable bonds is 9. The molecule has 2 aromatic carbocycles. The van der Waals surface area contributed by atoms with E-state index in [1.165, 1.54) is 12.1 Å². The topological polar surface area (TPSA) is 180 Å². The number of nitro benzene ring substituents is 1. The van der Waals surface area contributed by atoms with Crippen LogP contribution >= 0.6 is 0 Å². The number of nitriles is 1. The molecule has 13 heteroatoms. The van der Waals surface area contributed by atoms with E-state index >= 15 is 0 Å². The third-order valence-corrected chi connectivity index (χ3v) is 6.37. The molecule has 0 radical (unpaired) electrons. The Labute approximate surface area is 206 Å². The molecule has 0 aliphatic rings. The third-order valence-electron chi connectivity index (χ3n) is 5.08. The molecule has 36 heavy (non-hydrogen) atoms. The number of azo groups is 1. The predicted molar refractivity (Wildman–Crippen MR) is 133 cm³/mol. The van der Waals surface area contributed by atoms with Crippen LogP contribution in [-0.4, -0.2) is 28.9 Å². The fourth-order valence-electron chi connectivity index (χ4n) is 3.31. The Morgan fingerprint density at radius 1 is 1.19 bits per heavy atom. The molecule has 1 heterocycles. The lowest BCUT2D eigenvalue weighted by Gasteiger charge is -2.16. The number of nitro groups is 1. The normalized spacial score (nSPS) is 11.4. The molecule has 1 aromatic heterocycles. The summed E-state index contributed by atoms with van der Waals surface area (Å²) in [6, 6.07) is 14.0. The summed E-state index contributed by atoms with van der Waals surface area (Å²) in [5.41, 5.74) is -1.77. The highest BCUT2D eigenvalue weighted by Gasteiger charge is 2.26. The quantitative estimate of drug-likeness (QED) is 0.243. The van der Waals surface area contributed by atoms with Gasteiger partial charge in [-0.1, -0.05) is 49.7 Å². The monoisotopic (exact) mass is 510 g/mol. The second kappa shape index (κ2) is 10.8. The molecule has 0 saturated heterocycles. The van der Waals surface area contributed by atoms with Crippen molar-refractivity contribution in [1.82, 2.24) is 4.68 Å². The van der Waals surface area contributed by atoms with Gasteiger partial charge in [-0.3, -0.25) is 14.9 Å². The first-order valence-electron chi connectivity index (χ1n) is 10.7. The first-order chi connectivity index (χ1) is 17.1. The zero-order valence-corrected chi connectivity index (χ0v) is 20.2. The predicted octanol–water partition coefficient (Wildman–Crippen LogP) is 4.40. The fraction of sp³-hybridized carbons (Fsp3) is 0.217. The molecule has 0 aliphatic carbocycles. The van der Waals surface area contributed by atoms with Crippen molar-refractivity contribution in [1.29, 1.82) is 5.26 Å². The Hall–Kier alpha value is -4.57. The highest BCUT2D eigenvalue weighted by atomic mass is 32.2. The molecule has 186 valence electrons. The molecule has 3 rings (SSSR count). The maximum Gasteiger partial charge on any atom is 0.301 e. The van der Waals surface area contributed by atoms with E-state index in [-0.39, 0.29) is 22.7 Å². The van der Waals surface area contributed by atoms with Crippen LogP contribution in [0.1, 0.15) is 30.9 Å². The van der Waals surface area contributed by atoms with Crippen LogP contribution in [0, 0.1) is 28.4 Å². The standard InChI is InChI=1S/C23H22N6O6S/c1-3-4-12-36(34,35)27-28-22(30)17(14-24)20(16-8-6-5-7-9-16)21(23(28)31)26-25-18-11-10-15(2)13-19(18)29(32)33/h5-11,13,27,30H,3-4,12H2,1-2H3. The van der Waals surface area contributed by atoms with Gasteiger partial charge in [-0.25, -0.2) is 13.2 Å². The first kappa shape index (κ1) is 26.0. The van der Waals surface area contributed by atoms with E-state index in [4.69, 9.17) is 0 Å². The van der Waals surface area contributed by atoms with Crippen LogP contribution in [0.3, 0.4) is 0 Å². The van der Waals surface area contributed by atoms with Gasteiger partial charge in [0.1, 0.15) is 11.6 Å². The number of aromatic nitrogens is 1. The van der Waals surface area contributed by atoms with Crippen LogP contribution in [0.25, 0.3) is 11.1 Å². The van der Waals surface area contributed by atoms with Gasteiger partial charge in [-0.15, -0.1) is 10.2 Å². The molecular formula is C23H22N6O6S. The van der Waals surface area contributed by atoms with Crippen LogP contribution in [-0.2, 0) is 10.0 Å². The summed E-state index contributed by atoms with van der Waals surface area (Å²) in [5, 5.41) is 39.8. The number of benzene rings is 2. The van der Waals surface area contributed by atoms with Crippen molar-refractivity contribution in [3.05, 3.63) is 80.1 Å². The van der Waals surface area contributed by atoms with E-state index in [1.54, 1.807) is 56.3 Å². The summed E-state index contributed by atoms with van der Waals surface area (Å²) in [5.74, 6) is -1.26. The van der Waals surface area contributed by atoms with Gasteiger partial charge in [0.2, 0.25) is 15.9 Å². The average Bonchev–Trinajstić information content (AvgIpc) is 2.85. The highest BCUT2D eigenvalue weighted by Crippen LogP contribution is 2.37. The number of hydrogen-bond acceptors (Lipinski definition) is 9. The summed E-state index contributed by atoms with van der Waals surface area (Å²) in [6.07, 6.45) is 0.856. The van der Waals surface area contributed by atoms with E-state index in [1.807, 2.05) is 4.83 Å². The lowest BCUT2D eigenvalue weighted by atomic mass is 10.00. The van der Waals surface area contributed by atoms with E-state index in [0.29, 0.717) is 28.6 Å². The smallest absolute Gasteiger partial charge is 0.301 e. The van der Waals surface area contributed by atoms with Crippen molar-refractivity contribution in [3.63, 3.8) is 0 Å².